The average Bonchev–Trinajstić information content (AvgIpc) is 2.41. The van der Waals surface area contributed by atoms with E-state index in [9.17, 15) is 9.59 Å². The van der Waals surface area contributed by atoms with Gasteiger partial charge in [-0.25, -0.2) is 0 Å². The number of carbonyl (C=O) groups is 2. The van der Waals surface area contributed by atoms with Gasteiger partial charge in [-0.05, 0) is 18.2 Å². The third kappa shape index (κ3) is 3.93. The van der Waals surface area contributed by atoms with E-state index in [0.717, 1.165) is 6.54 Å². The van der Waals surface area contributed by atoms with Crippen molar-refractivity contribution in [3.8, 4) is 0 Å². The molecule has 0 bridgehead atoms. The minimum atomic E-state index is -0.633. The van der Waals surface area contributed by atoms with Gasteiger partial charge in [0.25, 0.3) is 0 Å². The van der Waals surface area contributed by atoms with Crippen LogP contribution >= 0.6 is 11.6 Å². The Morgan fingerprint density at radius 3 is 2.95 bits per heavy atom. The summed E-state index contributed by atoms with van der Waals surface area (Å²) in [6, 6.07) is 4.60. The van der Waals surface area contributed by atoms with E-state index in [-0.39, 0.29) is 29.0 Å². The number of rotatable bonds is 4. The molecule has 0 aliphatic carbocycles. The zero-order valence-electron chi connectivity index (χ0n) is 10.8. The Morgan fingerprint density at radius 2 is 2.30 bits per heavy atom. The van der Waals surface area contributed by atoms with Gasteiger partial charge in [0.2, 0.25) is 11.8 Å². The molecular weight excluding hydrogens is 282 g/mol. The quantitative estimate of drug-likeness (QED) is 0.765. The number of amides is 2. The van der Waals surface area contributed by atoms with Crippen LogP contribution in [0, 0.1) is 0 Å². The molecule has 0 aromatic heterocycles. The van der Waals surface area contributed by atoms with Crippen LogP contribution in [-0.4, -0.2) is 37.6 Å². The predicted octanol–water partition coefficient (Wildman–Crippen LogP) is 0.756. The standard InChI is InChI=1S/C13H16ClN3O3/c14-11-2-1-8(5-10(11)13(15)19)17-12(18)6-9-7-16-3-4-20-9/h1-2,5,9,16H,3-4,6-7H2,(H2,15,19)(H,17,18). The maximum atomic E-state index is 11.9. The number of carbonyl (C=O) groups excluding carboxylic acids is 2. The highest BCUT2D eigenvalue weighted by Gasteiger charge is 2.17. The van der Waals surface area contributed by atoms with Crippen LogP contribution in [0.4, 0.5) is 5.69 Å². The van der Waals surface area contributed by atoms with E-state index in [2.05, 4.69) is 10.6 Å². The number of benzene rings is 1. The molecule has 1 atom stereocenters. The van der Waals surface area contributed by atoms with E-state index in [4.69, 9.17) is 22.1 Å². The molecule has 0 saturated carbocycles. The first-order valence-electron chi connectivity index (χ1n) is 6.28. The normalized spacial score (nSPS) is 18.6. The zero-order valence-corrected chi connectivity index (χ0v) is 11.6. The first-order chi connectivity index (χ1) is 9.56. The molecule has 1 fully saturated rings. The van der Waals surface area contributed by atoms with Crippen molar-refractivity contribution in [2.75, 3.05) is 25.0 Å². The lowest BCUT2D eigenvalue weighted by molar-refractivity contribution is -0.119. The molecule has 0 radical (unpaired) electrons. The van der Waals surface area contributed by atoms with E-state index < -0.39 is 5.91 Å². The van der Waals surface area contributed by atoms with Crippen molar-refractivity contribution in [1.82, 2.24) is 5.32 Å². The van der Waals surface area contributed by atoms with Gasteiger partial charge in [-0.3, -0.25) is 9.59 Å². The largest absolute Gasteiger partial charge is 0.375 e. The van der Waals surface area contributed by atoms with Crippen molar-refractivity contribution in [1.29, 1.82) is 0 Å². The number of ether oxygens (including phenoxy) is 1. The van der Waals surface area contributed by atoms with Gasteiger partial charge in [0.1, 0.15) is 0 Å². The molecule has 1 aromatic rings. The first kappa shape index (κ1) is 14.8. The summed E-state index contributed by atoms with van der Waals surface area (Å²) in [4.78, 5) is 23.1. The summed E-state index contributed by atoms with van der Waals surface area (Å²) in [5.41, 5.74) is 5.86. The van der Waals surface area contributed by atoms with Crippen molar-refractivity contribution in [2.45, 2.75) is 12.5 Å². The molecule has 1 unspecified atom stereocenters. The van der Waals surface area contributed by atoms with Gasteiger partial charge in [-0.2, -0.15) is 0 Å². The first-order valence-corrected chi connectivity index (χ1v) is 6.65. The Labute approximate surface area is 121 Å². The second-order valence-electron chi connectivity index (χ2n) is 4.51. The summed E-state index contributed by atoms with van der Waals surface area (Å²) < 4.78 is 5.45. The van der Waals surface area contributed by atoms with E-state index in [1.54, 1.807) is 6.07 Å². The lowest BCUT2D eigenvalue weighted by Gasteiger charge is -2.23. The summed E-state index contributed by atoms with van der Waals surface area (Å²) in [5, 5.41) is 6.11. The van der Waals surface area contributed by atoms with E-state index in [1.165, 1.54) is 12.1 Å². The number of anilines is 1. The van der Waals surface area contributed by atoms with Crippen molar-refractivity contribution in [2.24, 2.45) is 5.73 Å². The van der Waals surface area contributed by atoms with Crippen molar-refractivity contribution in [3.63, 3.8) is 0 Å². The van der Waals surface area contributed by atoms with Crippen LogP contribution in [-0.2, 0) is 9.53 Å². The van der Waals surface area contributed by atoms with Crippen LogP contribution in [0.3, 0.4) is 0 Å². The molecule has 1 saturated heterocycles. The number of nitrogens with two attached hydrogens (primary N) is 1. The second kappa shape index (κ2) is 6.69. The molecule has 2 amide bonds. The van der Waals surface area contributed by atoms with Gasteiger partial charge in [-0.1, -0.05) is 11.6 Å². The lowest BCUT2D eigenvalue weighted by Crippen LogP contribution is -2.40. The molecule has 108 valence electrons. The van der Waals surface area contributed by atoms with Crippen molar-refractivity contribution < 1.29 is 14.3 Å². The van der Waals surface area contributed by atoms with E-state index >= 15 is 0 Å². The molecule has 6 nitrogen and oxygen atoms in total. The number of hydrogen-bond donors (Lipinski definition) is 3. The van der Waals surface area contributed by atoms with Crippen molar-refractivity contribution >= 4 is 29.1 Å². The van der Waals surface area contributed by atoms with Gasteiger partial charge in [0.15, 0.2) is 0 Å². The molecule has 1 aliphatic heterocycles. The van der Waals surface area contributed by atoms with Crippen LogP contribution in [0.25, 0.3) is 0 Å². The number of hydrogen-bond acceptors (Lipinski definition) is 4. The topological polar surface area (TPSA) is 93.5 Å². The van der Waals surface area contributed by atoms with Gasteiger partial charge in [-0.15, -0.1) is 0 Å². The average molecular weight is 298 g/mol. The Balaban J connectivity index is 1.96. The number of nitrogens with one attached hydrogen (secondary N) is 2. The third-order valence-electron chi connectivity index (χ3n) is 2.93. The predicted molar refractivity (Wildman–Crippen MR) is 75.8 cm³/mol. The smallest absolute Gasteiger partial charge is 0.250 e. The number of morpholine rings is 1. The Hall–Kier alpha value is -1.63. The molecule has 7 heteroatoms. The second-order valence-corrected chi connectivity index (χ2v) is 4.92. The lowest BCUT2D eigenvalue weighted by atomic mass is 10.1. The number of primary amides is 1. The molecule has 20 heavy (non-hydrogen) atoms. The summed E-state index contributed by atoms with van der Waals surface area (Å²) in [6.45, 7) is 2.06. The fraction of sp³-hybridized carbons (Fsp3) is 0.385. The van der Waals surface area contributed by atoms with Gasteiger partial charge in [0.05, 0.1) is 29.7 Å². The Morgan fingerprint density at radius 1 is 1.50 bits per heavy atom. The molecule has 1 heterocycles. The highest BCUT2D eigenvalue weighted by Crippen LogP contribution is 2.20. The molecule has 0 spiro atoms. The van der Waals surface area contributed by atoms with Gasteiger partial charge < -0.3 is 21.1 Å². The SMILES string of the molecule is NC(=O)c1cc(NC(=O)CC2CNCCO2)ccc1Cl. The minimum Gasteiger partial charge on any atom is -0.375 e. The summed E-state index contributed by atoms with van der Waals surface area (Å²) in [7, 11) is 0. The summed E-state index contributed by atoms with van der Waals surface area (Å²) in [5.74, 6) is -0.817. The van der Waals surface area contributed by atoms with Crippen LogP contribution < -0.4 is 16.4 Å². The Bertz CT molecular complexity index is 516. The monoisotopic (exact) mass is 297 g/mol. The van der Waals surface area contributed by atoms with Crippen LogP contribution in [0.5, 0.6) is 0 Å². The maximum absolute atomic E-state index is 11.9. The van der Waals surface area contributed by atoms with Crippen LogP contribution in [0.1, 0.15) is 16.8 Å². The van der Waals surface area contributed by atoms with Gasteiger partial charge >= 0.3 is 0 Å². The minimum absolute atomic E-state index is 0.133. The summed E-state index contributed by atoms with van der Waals surface area (Å²) in [6.07, 6.45) is 0.119. The molecular formula is C13H16ClN3O3. The van der Waals surface area contributed by atoms with Crippen LogP contribution in [0.2, 0.25) is 5.02 Å². The fourth-order valence-corrected chi connectivity index (χ4v) is 2.17. The highest BCUT2D eigenvalue weighted by molar-refractivity contribution is 6.33. The summed E-state index contributed by atoms with van der Waals surface area (Å²) >= 11 is 5.84. The fourth-order valence-electron chi connectivity index (χ4n) is 1.96. The maximum Gasteiger partial charge on any atom is 0.250 e. The highest BCUT2D eigenvalue weighted by atomic mass is 35.5. The van der Waals surface area contributed by atoms with E-state index in [0.29, 0.717) is 18.8 Å². The van der Waals surface area contributed by atoms with Gasteiger partial charge in [0, 0.05) is 18.8 Å². The number of halogens is 1. The molecule has 4 N–H and O–H groups in total. The molecule has 1 aromatic carbocycles. The van der Waals surface area contributed by atoms with Crippen molar-refractivity contribution in [3.05, 3.63) is 28.8 Å². The zero-order chi connectivity index (χ0) is 14.5. The van der Waals surface area contributed by atoms with E-state index in [1.807, 2.05) is 0 Å². The molecule has 2 rings (SSSR count). The van der Waals surface area contributed by atoms with Crippen LogP contribution in [0.15, 0.2) is 18.2 Å². The third-order valence-corrected chi connectivity index (χ3v) is 3.26. The Kier molecular flexibility index (Phi) is 4.94. The molecule has 1 aliphatic rings.